The lowest BCUT2D eigenvalue weighted by Gasteiger charge is -2.11. The van der Waals surface area contributed by atoms with Gasteiger partial charge in [0.2, 0.25) is 0 Å². The molecule has 0 fully saturated rings. The predicted octanol–water partition coefficient (Wildman–Crippen LogP) is 1.90. The Morgan fingerprint density at radius 2 is 1.59 bits per heavy atom. The molecule has 0 aromatic heterocycles. The normalized spacial score (nSPS) is 10.3. The molecule has 0 saturated heterocycles. The molecule has 2 aromatic carbocycles. The van der Waals surface area contributed by atoms with Crippen molar-refractivity contribution in [1.29, 1.82) is 0 Å². The summed E-state index contributed by atoms with van der Waals surface area (Å²) in [5, 5.41) is 13.4. The van der Waals surface area contributed by atoms with E-state index in [9.17, 15) is 23.5 Å². The number of halogens is 2. The van der Waals surface area contributed by atoms with E-state index < -0.39 is 18.5 Å². The van der Waals surface area contributed by atoms with Gasteiger partial charge in [0, 0.05) is 16.8 Å². The Kier molecular flexibility index (Phi) is 4.67. The second kappa shape index (κ2) is 6.66. The lowest BCUT2D eigenvalue weighted by atomic mass is 10.1. The maximum atomic E-state index is 12.0. The first kappa shape index (κ1) is 15.4. The predicted molar refractivity (Wildman–Crippen MR) is 71.8 cm³/mol. The number of hydrogen-bond donors (Lipinski definition) is 1. The molecule has 2 aromatic rings. The maximum absolute atomic E-state index is 12.0. The van der Waals surface area contributed by atoms with E-state index in [4.69, 9.17) is 0 Å². The Labute approximate surface area is 124 Å². The van der Waals surface area contributed by atoms with Crippen LogP contribution in [0.1, 0.15) is 20.7 Å². The minimum atomic E-state index is -2.93. The van der Waals surface area contributed by atoms with E-state index in [1.165, 1.54) is 48.5 Å². The monoisotopic (exact) mass is 306 g/mol. The van der Waals surface area contributed by atoms with Crippen LogP contribution in [0.25, 0.3) is 0 Å². The van der Waals surface area contributed by atoms with Crippen LogP contribution in [0.2, 0.25) is 0 Å². The number of alkyl halides is 2. The average molecular weight is 306 g/mol. The molecule has 0 spiro atoms. The highest BCUT2D eigenvalue weighted by molar-refractivity contribution is 6.10. The number of benzene rings is 2. The first-order valence-electron chi connectivity index (χ1n) is 6.14. The number of aromatic carboxylic acids is 1. The molecule has 1 amide bonds. The lowest BCUT2D eigenvalue weighted by Crippen LogP contribution is -2.26. The quantitative estimate of drug-likeness (QED) is 0.915. The van der Waals surface area contributed by atoms with Crippen molar-refractivity contribution in [3.8, 4) is 5.75 Å². The van der Waals surface area contributed by atoms with Crippen molar-refractivity contribution in [2.45, 2.75) is 6.61 Å². The number of anilines is 1. The molecule has 0 radical (unpaired) electrons. The van der Waals surface area contributed by atoms with Crippen LogP contribution in [0, 0.1) is 0 Å². The third kappa shape index (κ3) is 3.78. The molecule has 114 valence electrons. The minimum absolute atomic E-state index is 0.0527. The lowest BCUT2D eigenvalue weighted by molar-refractivity contribution is -0.255. The van der Waals surface area contributed by atoms with Crippen LogP contribution in [0.3, 0.4) is 0 Å². The summed E-state index contributed by atoms with van der Waals surface area (Å²) < 4.78 is 28.2. The highest BCUT2D eigenvalue weighted by atomic mass is 19.3. The Morgan fingerprint density at radius 1 is 1.00 bits per heavy atom. The van der Waals surface area contributed by atoms with Crippen molar-refractivity contribution in [1.82, 2.24) is 0 Å². The summed E-state index contributed by atoms with van der Waals surface area (Å²) in [4.78, 5) is 23.0. The fraction of sp³-hybridized carbons (Fsp3) is 0.0667. The molecule has 7 heteroatoms. The first-order valence-corrected chi connectivity index (χ1v) is 6.14. The number of carboxylic acids is 1. The fourth-order valence-electron chi connectivity index (χ4n) is 1.78. The molecule has 0 aliphatic heterocycles. The van der Waals surface area contributed by atoms with E-state index in [-0.39, 0.29) is 16.9 Å². The number of rotatable bonds is 5. The summed E-state index contributed by atoms with van der Waals surface area (Å²) in [6, 6.07) is 10.8. The zero-order valence-electron chi connectivity index (χ0n) is 11.1. The van der Waals surface area contributed by atoms with Crippen LogP contribution in [0.4, 0.5) is 14.5 Å². The summed E-state index contributed by atoms with van der Waals surface area (Å²) in [6.07, 6.45) is 0. The van der Waals surface area contributed by atoms with Crippen LogP contribution in [0.15, 0.2) is 48.5 Å². The zero-order chi connectivity index (χ0) is 16.1. The molecule has 0 aliphatic rings. The second-order valence-electron chi connectivity index (χ2n) is 4.19. The van der Waals surface area contributed by atoms with E-state index >= 15 is 0 Å². The summed E-state index contributed by atoms with van der Waals surface area (Å²) in [5.41, 5.74) is 0.00725. The van der Waals surface area contributed by atoms with Crippen LogP contribution >= 0.6 is 0 Å². The molecule has 0 atom stereocenters. The van der Waals surface area contributed by atoms with Gasteiger partial charge in [0.1, 0.15) is 5.75 Å². The molecule has 0 aliphatic carbocycles. The minimum Gasteiger partial charge on any atom is -0.545 e. The van der Waals surface area contributed by atoms with E-state index in [1.54, 1.807) is 0 Å². The van der Waals surface area contributed by atoms with Crippen molar-refractivity contribution in [2.75, 3.05) is 5.32 Å². The van der Waals surface area contributed by atoms with Crippen molar-refractivity contribution in [2.24, 2.45) is 0 Å². The smallest absolute Gasteiger partial charge is 0.387 e. The number of nitrogens with one attached hydrogen (secondary N) is 1. The summed E-state index contributed by atoms with van der Waals surface area (Å²) in [7, 11) is 0. The number of carboxylic acid groups (broad SMARTS) is 1. The van der Waals surface area contributed by atoms with E-state index in [2.05, 4.69) is 10.1 Å². The highest BCUT2D eigenvalue weighted by Crippen LogP contribution is 2.19. The van der Waals surface area contributed by atoms with Gasteiger partial charge >= 0.3 is 6.61 Å². The Bertz CT molecular complexity index is 686. The summed E-state index contributed by atoms with van der Waals surface area (Å²) in [5.74, 6) is -2.17. The molecule has 0 unspecified atom stereocenters. The largest absolute Gasteiger partial charge is 0.545 e. The summed E-state index contributed by atoms with van der Waals surface area (Å²) in [6.45, 7) is -2.93. The van der Waals surface area contributed by atoms with Gasteiger partial charge in [-0.2, -0.15) is 8.78 Å². The van der Waals surface area contributed by atoms with Crippen molar-refractivity contribution in [3.05, 3.63) is 59.7 Å². The third-order valence-electron chi connectivity index (χ3n) is 2.73. The molecule has 0 bridgehead atoms. The van der Waals surface area contributed by atoms with Crippen LogP contribution in [0.5, 0.6) is 5.75 Å². The molecule has 1 N–H and O–H groups in total. The van der Waals surface area contributed by atoms with E-state index in [0.717, 1.165) is 0 Å². The average Bonchev–Trinajstić information content (AvgIpc) is 2.48. The van der Waals surface area contributed by atoms with Gasteiger partial charge in [-0.15, -0.1) is 0 Å². The first-order chi connectivity index (χ1) is 10.5. The second-order valence-corrected chi connectivity index (χ2v) is 4.19. The summed E-state index contributed by atoms with van der Waals surface area (Å²) >= 11 is 0. The maximum Gasteiger partial charge on any atom is 0.387 e. The standard InChI is InChI=1S/C15H11F2NO4/c16-15(17)22-10-7-5-9(6-8-10)18-13(19)11-3-1-2-4-12(11)14(20)21/h1-8,15H,(H,18,19)(H,20,21)/p-1. The van der Waals surface area contributed by atoms with Gasteiger partial charge in [-0.05, 0) is 30.3 Å². The van der Waals surface area contributed by atoms with E-state index in [1.807, 2.05) is 0 Å². The van der Waals surface area contributed by atoms with Crippen LogP contribution in [-0.4, -0.2) is 18.5 Å². The number of carbonyl (C=O) groups is 2. The fourth-order valence-corrected chi connectivity index (χ4v) is 1.78. The highest BCUT2D eigenvalue weighted by Gasteiger charge is 2.12. The van der Waals surface area contributed by atoms with Crippen LogP contribution < -0.4 is 15.2 Å². The molecular formula is C15H10F2NO4-. The van der Waals surface area contributed by atoms with Crippen molar-refractivity contribution < 1.29 is 28.2 Å². The topological polar surface area (TPSA) is 78.5 Å². The molecule has 0 saturated carbocycles. The molecule has 2 rings (SSSR count). The molecule has 5 nitrogen and oxygen atoms in total. The van der Waals surface area contributed by atoms with Gasteiger partial charge < -0.3 is 20.0 Å². The Balaban J connectivity index is 2.14. The third-order valence-corrected chi connectivity index (χ3v) is 2.73. The van der Waals surface area contributed by atoms with Gasteiger partial charge in [0.25, 0.3) is 5.91 Å². The van der Waals surface area contributed by atoms with Gasteiger partial charge in [0.05, 0.1) is 5.97 Å². The number of carbonyl (C=O) groups excluding carboxylic acids is 2. The van der Waals surface area contributed by atoms with Gasteiger partial charge in [-0.25, -0.2) is 0 Å². The Hall–Kier alpha value is -2.96. The SMILES string of the molecule is O=C([O-])c1ccccc1C(=O)Nc1ccc(OC(F)F)cc1. The van der Waals surface area contributed by atoms with Gasteiger partial charge in [-0.3, -0.25) is 4.79 Å². The molecule has 22 heavy (non-hydrogen) atoms. The van der Waals surface area contributed by atoms with Crippen molar-refractivity contribution >= 4 is 17.6 Å². The number of hydrogen-bond acceptors (Lipinski definition) is 4. The van der Waals surface area contributed by atoms with Gasteiger partial charge in [-0.1, -0.05) is 18.2 Å². The molecule has 0 heterocycles. The Morgan fingerprint density at radius 3 is 2.14 bits per heavy atom. The van der Waals surface area contributed by atoms with Crippen molar-refractivity contribution in [3.63, 3.8) is 0 Å². The van der Waals surface area contributed by atoms with E-state index in [0.29, 0.717) is 5.69 Å². The van der Waals surface area contributed by atoms with Gasteiger partial charge in [0.15, 0.2) is 0 Å². The number of ether oxygens (including phenoxy) is 1. The zero-order valence-corrected chi connectivity index (χ0v) is 11.1. The molecular weight excluding hydrogens is 296 g/mol. The number of amides is 1. The van der Waals surface area contributed by atoms with Crippen LogP contribution in [-0.2, 0) is 0 Å².